The highest BCUT2D eigenvalue weighted by molar-refractivity contribution is 5.65. The molecule has 3 heterocycles. The van der Waals surface area contributed by atoms with Crippen molar-refractivity contribution < 1.29 is 9.26 Å². The summed E-state index contributed by atoms with van der Waals surface area (Å²) in [5.74, 6) is 1.74. The van der Waals surface area contributed by atoms with Crippen LogP contribution in [-0.4, -0.2) is 69.8 Å². The highest BCUT2D eigenvalue weighted by atomic mass is 16.5. The normalized spacial score (nSPS) is 15.1. The number of ether oxygens (including phenoxy) is 1. The van der Waals surface area contributed by atoms with E-state index in [1.165, 1.54) is 5.56 Å². The van der Waals surface area contributed by atoms with E-state index in [2.05, 4.69) is 44.1 Å². The number of rotatable bonds is 6. The third kappa shape index (κ3) is 4.67. The molecule has 8 nitrogen and oxygen atoms in total. The largest absolute Gasteiger partial charge is 0.495 e. The summed E-state index contributed by atoms with van der Waals surface area (Å²) in [4.78, 5) is 13.8. The van der Waals surface area contributed by atoms with Crippen LogP contribution in [0.15, 0.2) is 59.5 Å². The lowest BCUT2D eigenvalue weighted by Crippen LogP contribution is -2.43. The molecule has 8 heteroatoms. The Bertz CT molecular complexity index is 1220. The van der Waals surface area contributed by atoms with Crippen molar-refractivity contribution in [3.05, 3.63) is 66.2 Å². The molecule has 2 aromatic carbocycles. The number of benzene rings is 2. The lowest BCUT2D eigenvalue weighted by molar-refractivity contribution is 0.148. The van der Waals surface area contributed by atoms with Gasteiger partial charge in [-0.15, -0.1) is 0 Å². The quantitative estimate of drug-likeness (QED) is 0.449. The fraction of sp³-hybridized carbons (Fsp3) is 0.320. The van der Waals surface area contributed by atoms with Crippen molar-refractivity contribution in [2.24, 2.45) is 0 Å². The Hall–Kier alpha value is -3.49. The summed E-state index contributed by atoms with van der Waals surface area (Å²) in [6.45, 7) is 7.37. The third-order valence-electron chi connectivity index (χ3n) is 6.06. The number of imidazole rings is 1. The van der Waals surface area contributed by atoms with E-state index in [0.29, 0.717) is 17.5 Å². The molecule has 0 N–H and O–H groups in total. The van der Waals surface area contributed by atoms with Crippen LogP contribution in [-0.2, 0) is 6.54 Å². The average Bonchev–Trinajstić information content (AvgIpc) is 3.50. The fourth-order valence-corrected chi connectivity index (χ4v) is 4.06. The second-order valence-corrected chi connectivity index (χ2v) is 8.51. The van der Waals surface area contributed by atoms with Gasteiger partial charge in [-0.05, 0) is 49.9 Å². The van der Waals surface area contributed by atoms with Crippen molar-refractivity contribution in [2.75, 3.05) is 40.3 Å². The van der Waals surface area contributed by atoms with Crippen molar-refractivity contribution >= 4 is 0 Å². The molecule has 33 heavy (non-hydrogen) atoms. The molecule has 0 aliphatic carbocycles. The molecule has 0 radical (unpaired) electrons. The van der Waals surface area contributed by atoms with E-state index in [-0.39, 0.29) is 0 Å². The number of piperazine rings is 1. The minimum absolute atomic E-state index is 0.504. The second kappa shape index (κ2) is 9.17. The van der Waals surface area contributed by atoms with Gasteiger partial charge in [0.05, 0.1) is 24.8 Å². The van der Waals surface area contributed by atoms with Crippen LogP contribution in [0.25, 0.3) is 28.5 Å². The first-order valence-corrected chi connectivity index (χ1v) is 11.1. The van der Waals surface area contributed by atoms with Crippen LogP contribution in [0.1, 0.15) is 11.3 Å². The van der Waals surface area contributed by atoms with Crippen LogP contribution in [0.4, 0.5) is 0 Å². The summed E-state index contributed by atoms with van der Waals surface area (Å²) in [6.07, 6.45) is 3.73. The van der Waals surface area contributed by atoms with E-state index in [0.717, 1.165) is 55.2 Å². The lowest BCUT2D eigenvalue weighted by atomic mass is 10.1. The summed E-state index contributed by atoms with van der Waals surface area (Å²) < 4.78 is 13.1. The van der Waals surface area contributed by atoms with Crippen molar-refractivity contribution in [1.29, 1.82) is 0 Å². The topological polar surface area (TPSA) is 72.5 Å². The molecular weight excluding hydrogens is 416 g/mol. The van der Waals surface area contributed by atoms with Crippen LogP contribution >= 0.6 is 0 Å². The van der Waals surface area contributed by atoms with Gasteiger partial charge >= 0.3 is 0 Å². The Labute approximate surface area is 193 Å². The molecule has 170 valence electrons. The maximum atomic E-state index is 5.60. The highest BCUT2D eigenvalue weighted by Gasteiger charge is 2.16. The van der Waals surface area contributed by atoms with Gasteiger partial charge in [0.15, 0.2) is 0 Å². The van der Waals surface area contributed by atoms with E-state index in [9.17, 15) is 0 Å². The van der Waals surface area contributed by atoms with Gasteiger partial charge < -0.3 is 18.7 Å². The first-order chi connectivity index (χ1) is 16.1. The number of hydrogen-bond donors (Lipinski definition) is 0. The molecule has 0 saturated carbocycles. The van der Waals surface area contributed by atoms with Crippen LogP contribution in [0.2, 0.25) is 0 Å². The molecule has 0 amide bonds. The van der Waals surface area contributed by atoms with Gasteiger partial charge in [0, 0.05) is 50.0 Å². The smallest absolute Gasteiger partial charge is 0.258 e. The van der Waals surface area contributed by atoms with Crippen LogP contribution in [0.3, 0.4) is 0 Å². The fourth-order valence-electron chi connectivity index (χ4n) is 4.06. The Morgan fingerprint density at radius 3 is 2.45 bits per heavy atom. The summed E-state index contributed by atoms with van der Waals surface area (Å²) in [5.41, 5.74) is 4.88. The third-order valence-corrected chi connectivity index (χ3v) is 6.06. The van der Waals surface area contributed by atoms with Gasteiger partial charge in [0.2, 0.25) is 5.82 Å². The van der Waals surface area contributed by atoms with Gasteiger partial charge in [-0.3, -0.25) is 4.90 Å². The minimum atomic E-state index is 0.504. The highest BCUT2D eigenvalue weighted by Crippen LogP contribution is 2.30. The summed E-state index contributed by atoms with van der Waals surface area (Å²) in [5, 5.41) is 4.19. The standard InChI is InChI=1S/C25H28N6O2/c1-18-15-31(17-26-18)22-9-8-21(14-23(22)32-3)24-27-25(33-28-24)20-6-4-19(5-7-20)16-30-12-10-29(2)11-13-30/h4-9,14-15,17H,10-13,16H2,1-3H3. The molecule has 2 aromatic heterocycles. The van der Waals surface area contributed by atoms with Gasteiger partial charge in [0.1, 0.15) is 5.75 Å². The molecule has 4 aromatic rings. The first-order valence-electron chi connectivity index (χ1n) is 11.1. The maximum Gasteiger partial charge on any atom is 0.258 e. The summed E-state index contributed by atoms with van der Waals surface area (Å²) in [7, 11) is 3.83. The second-order valence-electron chi connectivity index (χ2n) is 8.51. The zero-order chi connectivity index (χ0) is 22.8. The summed E-state index contributed by atoms with van der Waals surface area (Å²) >= 11 is 0. The van der Waals surface area contributed by atoms with Crippen LogP contribution in [0.5, 0.6) is 5.75 Å². The molecule has 0 spiro atoms. The SMILES string of the molecule is COc1cc(-c2noc(-c3ccc(CN4CCN(C)CC4)cc3)n2)ccc1-n1cnc(C)c1. The van der Waals surface area contributed by atoms with Gasteiger partial charge in [0.25, 0.3) is 5.89 Å². The predicted octanol–water partition coefficient (Wildman–Crippen LogP) is 3.65. The maximum absolute atomic E-state index is 5.60. The van der Waals surface area contributed by atoms with E-state index in [1.807, 2.05) is 48.0 Å². The van der Waals surface area contributed by atoms with Crippen molar-refractivity contribution in [2.45, 2.75) is 13.5 Å². The van der Waals surface area contributed by atoms with Crippen molar-refractivity contribution in [3.8, 4) is 34.3 Å². The lowest BCUT2D eigenvalue weighted by Gasteiger charge is -2.32. The number of likely N-dealkylation sites (N-methyl/N-ethyl adjacent to an activating group) is 1. The van der Waals surface area contributed by atoms with E-state index in [4.69, 9.17) is 9.26 Å². The van der Waals surface area contributed by atoms with Gasteiger partial charge in [-0.1, -0.05) is 17.3 Å². The Morgan fingerprint density at radius 2 is 1.76 bits per heavy atom. The molecule has 0 unspecified atom stereocenters. The van der Waals surface area contributed by atoms with Gasteiger partial charge in [-0.2, -0.15) is 4.98 Å². The summed E-state index contributed by atoms with van der Waals surface area (Å²) in [6, 6.07) is 14.2. The molecule has 5 rings (SSSR count). The number of nitrogens with zero attached hydrogens (tertiary/aromatic N) is 6. The van der Waals surface area contributed by atoms with E-state index in [1.54, 1.807) is 13.4 Å². The number of aryl methyl sites for hydroxylation is 1. The molecule has 1 aliphatic rings. The monoisotopic (exact) mass is 444 g/mol. The molecule has 0 atom stereocenters. The van der Waals surface area contributed by atoms with Crippen molar-refractivity contribution in [1.82, 2.24) is 29.5 Å². The zero-order valence-corrected chi connectivity index (χ0v) is 19.2. The molecule has 1 aliphatic heterocycles. The Kier molecular flexibility index (Phi) is 5.93. The van der Waals surface area contributed by atoms with E-state index >= 15 is 0 Å². The van der Waals surface area contributed by atoms with Gasteiger partial charge in [-0.25, -0.2) is 4.98 Å². The van der Waals surface area contributed by atoms with Crippen molar-refractivity contribution in [3.63, 3.8) is 0 Å². The number of methoxy groups -OCH3 is 1. The predicted molar refractivity (Wildman–Crippen MR) is 126 cm³/mol. The average molecular weight is 445 g/mol. The number of hydrogen-bond acceptors (Lipinski definition) is 7. The van der Waals surface area contributed by atoms with Crippen LogP contribution in [0, 0.1) is 6.92 Å². The van der Waals surface area contributed by atoms with Crippen LogP contribution < -0.4 is 4.74 Å². The molecule has 1 fully saturated rings. The molecule has 0 bridgehead atoms. The number of aromatic nitrogens is 4. The molecule has 1 saturated heterocycles. The Morgan fingerprint density at radius 1 is 1.00 bits per heavy atom. The molecular formula is C25H28N6O2. The first kappa shape index (κ1) is 21.4. The zero-order valence-electron chi connectivity index (χ0n) is 19.2. The minimum Gasteiger partial charge on any atom is -0.495 e. The Balaban J connectivity index is 1.32. The van der Waals surface area contributed by atoms with E-state index < -0.39 is 0 Å².